The first-order chi connectivity index (χ1) is 12.8. The minimum absolute atomic E-state index is 0.286. The van der Waals surface area contributed by atoms with Crippen molar-refractivity contribution in [3.05, 3.63) is 59.5 Å². The summed E-state index contributed by atoms with van der Waals surface area (Å²) in [7, 11) is 0. The monoisotopic (exact) mass is 400 g/mol. The molecule has 1 aromatic carbocycles. The Labute approximate surface area is 165 Å². The topological polar surface area (TPSA) is 36.7 Å². The van der Waals surface area contributed by atoms with Crippen LogP contribution in [0.2, 0.25) is 0 Å². The van der Waals surface area contributed by atoms with Gasteiger partial charge in [0.1, 0.15) is 11.1 Å². The molecule has 3 aromatic rings. The number of pyridine rings is 1. The Morgan fingerprint density at radius 2 is 2.00 bits per heavy atom. The molecule has 0 atom stereocenters. The van der Waals surface area contributed by atoms with E-state index in [2.05, 4.69) is 6.07 Å². The van der Waals surface area contributed by atoms with Crippen LogP contribution in [0.25, 0.3) is 21.7 Å². The fraction of sp³-hybridized carbons (Fsp3) is 0.200. The molecule has 2 nitrogen and oxygen atoms in total. The Bertz CT molecular complexity index is 874. The molecular weight excluding hydrogens is 383 g/mol. The highest BCUT2D eigenvalue weighted by Gasteiger charge is 2.16. The lowest BCUT2D eigenvalue weighted by molar-refractivity contribution is 0.489. The van der Waals surface area contributed by atoms with Crippen LogP contribution in [0.3, 0.4) is 0 Å². The van der Waals surface area contributed by atoms with Crippen molar-refractivity contribution in [2.24, 2.45) is 0 Å². The Balaban J connectivity index is 1.98. The van der Waals surface area contributed by atoms with Crippen LogP contribution in [0.15, 0.2) is 58.9 Å². The van der Waals surface area contributed by atoms with Gasteiger partial charge in [0.15, 0.2) is 0 Å². The molecular formula is C20H17FN2S3. The van der Waals surface area contributed by atoms with Crippen molar-refractivity contribution in [1.82, 2.24) is 4.98 Å². The molecule has 0 spiro atoms. The first-order valence-corrected chi connectivity index (χ1v) is 11.2. The number of nitriles is 1. The van der Waals surface area contributed by atoms with E-state index in [1.165, 1.54) is 0 Å². The zero-order valence-electron chi connectivity index (χ0n) is 14.0. The van der Waals surface area contributed by atoms with Crippen molar-refractivity contribution in [2.75, 3.05) is 17.5 Å². The molecule has 2 heterocycles. The van der Waals surface area contributed by atoms with E-state index in [9.17, 15) is 9.65 Å². The predicted octanol–water partition coefficient (Wildman–Crippen LogP) is 6.49. The third-order valence-corrected chi connectivity index (χ3v) is 6.83. The molecule has 0 saturated carbocycles. The molecule has 0 unspecified atom stereocenters. The van der Waals surface area contributed by atoms with E-state index < -0.39 is 0 Å². The van der Waals surface area contributed by atoms with Gasteiger partial charge in [-0.1, -0.05) is 48.2 Å². The van der Waals surface area contributed by atoms with Crippen molar-refractivity contribution in [1.29, 1.82) is 5.26 Å². The summed E-state index contributed by atoms with van der Waals surface area (Å²) in [6, 6.07) is 18.3. The maximum atomic E-state index is 12.2. The summed E-state index contributed by atoms with van der Waals surface area (Å²) in [5.74, 6) is 0.779. The number of hydrogen-bond acceptors (Lipinski definition) is 5. The summed E-state index contributed by atoms with van der Waals surface area (Å²) < 4.78 is 12.2. The molecule has 0 aliphatic rings. The molecule has 0 aliphatic carbocycles. The highest BCUT2D eigenvalue weighted by Crippen LogP contribution is 2.36. The van der Waals surface area contributed by atoms with Crippen LogP contribution in [0.5, 0.6) is 0 Å². The zero-order chi connectivity index (χ0) is 18.2. The van der Waals surface area contributed by atoms with Gasteiger partial charge in [-0.15, -0.1) is 11.3 Å². The van der Waals surface area contributed by atoms with E-state index in [0.29, 0.717) is 12.0 Å². The molecule has 0 saturated heterocycles. The van der Waals surface area contributed by atoms with Crippen LogP contribution >= 0.6 is 34.9 Å². The fourth-order valence-electron chi connectivity index (χ4n) is 2.44. The standard InChI is InChI=1S/C20H17FN2S3/c21-9-5-10-24-14-26-20-17(13-22)16(15-6-2-1-3-7-15)12-18(23-20)19-8-4-11-25-19/h1-4,6-8,11-12H,5,9-10,14H2. The number of thiophene rings is 1. The van der Waals surface area contributed by atoms with Crippen molar-refractivity contribution < 1.29 is 4.39 Å². The number of nitrogens with zero attached hydrogens (tertiary/aromatic N) is 2. The van der Waals surface area contributed by atoms with Gasteiger partial charge < -0.3 is 0 Å². The van der Waals surface area contributed by atoms with Crippen molar-refractivity contribution >= 4 is 34.9 Å². The molecule has 0 fully saturated rings. The maximum absolute atomic E-state index is 12.2. The first-order valence-electron chi connectivity index (χ1n) is 8.14. The van der Waals surface area contributed by atoms with E-state index in [-0.39, 0.29) is 6.67 Å². The van der Waals surface area contributed by atoms with Crippen LogP contribution in [-0.2, 0) is 0 Å². The minimum Gasteiger partial charge on any atom is -0.251 e. The van der Waals surface area contributed by atoms with E-state index in [1.54, 1.807) is 34.9 Å². The van der Waals surface area contributed by atoms with E-state index in [1.807, 2.05) is 53.9 Å². The average molecular weight is 401 g/mol. The second-order valence-electron chi connectivity index (χ2n) is 5.40. The largest absolute Gasteiger partial charge is 0.251 e. The summed E-state index contributed by atoms with van der Waals surface area (Å²) in [6.45, 7) is -0.286. The van der Waals surface area contributed by atoms with Crippen molar-refractivity contribution in [3.8, 4) is 27.8 Å². The molecule has 0 aliphatic heterocycles. The molecule has 26 heavy (non-hydrogen) atoms. The van der Waals surface area contributed by atoms with Gasteiger partial charge in [-0.3, -0.25) is 4.39 Å². The maximum Gasteiger partial charge on any atom is 0.116 e. The van der Waals surface area contributed by atoms with Crippen LogP contribution < -0.4 is 0 Å². The smallest absolute Gasteiger partial charge is 0.116 e. The van der Waals surface area contributed by atoms with Crippen LogP contribution in [0.4, 0.5) is 4.39 Å². The van der Waals surface area contributed by atoms with Crippen molar-refractivity contribution in [3.63, 3.8) is 0 Å². The van der Waals surface area contributed by atoms with E-state index in [4.69, 9.17) is 4.98 Å². The summed E-state index contributed by atoms with van der Waals surface area (Å²) in [5.41, 5.74) is 3.40. The van der Waals surface area contributed by atoms with Gasteiger partial charge in [0.05, 0.1) is 22.8 Å². The Hall–Kier alpha value is -1.81. The Morgan fingerprint density at radius 1 is 1.15 bits per heavy atom. The first kappa shape index (κ1) is 19.0. The number of benzene rings is 1. The summed E-state index contributed by atoms with van der Waals surface area (Å²) >= 11 is 4.86. The number of alkyl halides is 1. The third-order valence-electron chi connectivity index (χ3n) is 3.66. The second-order valence-corrected chi connectivity index (χ2v) is 8.79. The van der Waals surface area contributed by atoms with Crippen molar-refractivity contribution in [2.45, 2.75) is 11.4 Å². The van der Waals surface area contributed by atoms with Gasteiger partial charge in [0.25, 0.3) is 0 Å². The van der Waals surface area contributed by atoms with Gasteiger partial charge in [-0.2, -0.15) is 17.0 Å². The quantitative estimate of drug-likeness (QED) is 0.246. The number of rotatable bonds is 8. The zero-order valence-corrected chi connectivity index (χ0v) is 16.5. The lowest BCUT2D eigenvalue weighted by Gasteiger charge is -2.11. The normalized spacial score (nSPS) is 10.6. The van der Waals surface area contributed by atoms with Crippen LogP contribution in [0.1, 0.15) is 12.0 Å². The van der Waals surface area contributed by atoms with Crippen LogP contribution in [-0.4, -0.2) is 22.5 Å². The lowest BCUT2D eigenvalue weighted by atomic mass is 10.0. The molecule has 6 heteroatoms. The fourth-order valence-corrected chi connectivity index (χ4v) is 5.16. The molecule has 2 aromatic heterocycles. The number of hydrogen-bond donors (Lipinski definition) is 0. The van der Waals surface area contributed by atoms with Gasteiger partial charge in [-0.25, -0.2) is 4.98 Å². The van der Waals surface area contributed by atoms with Gasteiger partial charge in [-0.05, 0) is 35.2 Å². The van der Waals surface area contributed by atoms with E-state index in [0.717, 1.165) is 37.6 Å². The lowest BCUT2D eigenvalue weighted by Crippen LogP contribution is -1.95. The molecule has 0 radical (unpaired) electrons. The summed E-state index contributed by atoms with van der Waals surface area (Å²) in [5, 5.41) is 13.3. The molecule has 0 amide bonds. The van der Waals surface area contributed by atoms with Crippen LogP contribution in [0, 0.1) is 11.3 Å². The number of thioether (sulfide) groups is 2. The number of halogens is 1. The molecule has 0 bridgehead atoms. The average Bonchev–Trinajstić information content (AvgIpc) is 3.22. The van der Waals surface area contributed by atoms with Gasteiger partial charge >= 0.3 is 0 Å². The third kappa shape index (κ3) is 4.67. The predicted molar refractivity (Wildman–Crippen MR) is 111 cm³/mol. The minimum atomic E-state index is -0.286. The SMILES string of the molecule is N#Cc1c(-c2ccccc2)cc(-c2cccs2)nc1SCSCCCF. The highest BCUT2D eigenvalue weighted by molar-refractivity contribution is 8.15. The second kappa shape index (κ2) is 9.77. The van der Waals surface area contributed by atoms with Gasteiger partial charge in [0.2, 0.25) is 0 Å². The molecule has 0 N–H and O–H groups in total. The van der Waals surface area contributed by atoms with E-state index >= 15 is 0 Å². The highest BCUT2D eigenvalue weighted by atomic mass is 32.2. The Morgan fingerprint density at radius 3 is 2.69 bits per heavy atom. The van der Waals surface area contributed by atoms with Gasteiger partial charge in [0, 0.05) is 10.6 Å². The molecule has 3 rings (SSSR count). The summed E-state index contributed by atoms with van der Waals surface area (Å²) in [4.78, 5) is 5.84. The summed E-state index contributed by atoms with van der Waals surface area (Å²) in [6.07, 6.45) is 0.564. The Kier molecular flexibility index (Phi) is 7.13. The molecule has 132 valence electrons. The number of aromatic nitrogens is 1.